The Labute approximate surface area is 118 Å². The summed E-state index contributed by atoms with van der Waals surface area (Å²) in [7, 11) is 2.13. The van der Waals surface area contributed by atoms with E-state index in [4.69, 9.17) is 5.26 Å². The minimum absolute atomic E-state index is 0.263. The molecule has 1 aliphatic rings. The van der Waals surface area contributed by atoms with Crippen LogP contribution in [-0.2, 0) is 0 Å². The molecule has 0 aliphatic carbocycles. The summed E-state index contributed by atoms with van der Waals surface area (Å²) in [5, 5.41) is 9.63. The molecule has 0 N–H and O–H groups in total. The summed E-state index contributed by atoms with van der Waals surface area (Å²) in [6, 6.07) is 10.7. The third-order valence-electron chi connectivity index (χ3n) is 3.34. The van der Waals surface area contributed by atoms with Crippen molar-refractivity contribution in [1.29, 1.82) is 5.26 Å². The van der Waals surface area contributed by atoms with Crippen LogP contribution < -0.4 is 0 Å². The first kappa shape index (κ1) is 13.9. The van der Waals surface area contributed by atoms with E-state index in [2.05, 4.69) is 46.1 Å². The predicted molar refractivity (Wildman–Crippen MR) is 79.9 cm³/mol. The molecule has 2 rings (SSSR count). The lowest BCUT2D eigenvalue weighted by Gasteiger charge is -2.41. The third kappa shape index (κ3) is 3.28. The Balaban J connectivity index is 2.30. The number of aliphatic imine (C=N–C) groups is 1. The van der Waals surface area contributed by atoms with Gasteiger partial charge >= 0.3 is 0 Å². The highest BCUT2D eigenvalue weighted by molar-refractivity contribution is 8.13. The van der Waals surface area contributed by atoms with Crippen LogP contribution in [0.4, 0.5) is 0 Å². The number of amidine groups is 1. The van der Waals surface area contributed by atoms with Crippen molar-refractivity contribution in [1.82, 2.24) is 9.80 Å². The fourth-order valence-electron chi connectivity index (χ4n) is 2.38. The second-order valence-electron chi connectivity index (χ2n) is 4.58. The standard InChI is InChI=1S/C14H18N4S/c1-17-8-9-18(14(19-2)16-11-15)13(10-17)12-6-4-3-5-7-12/h3-7,13H,8-10H2,1-2H3. The van der Waals surface area contributed by atoms with Crippen LogP contribution in [-0.4, -0.2) is 47.9 Å². The van der Waals surface area contributed by atoms with Gasteiger partial charge in [-0.05, 0) is 18.9 Å². The van der Waals surface area contributed by atoms with Gasteiger partial charge in [0.2, 0.25) is 6.19 Å². The van der Waals surface area contributed by atoms with Crippen molar-refractivity contribution in [2.45, 2.75) is 6.04 Å². The van der Waals surface area contributed by atoms with Gasteiger partial charge in [-0.15, -0.1) is 4.99 Å². The van der Waals surface area contributed by atoms with Gasteiger partial charge in [0, 0.05) is 19.6 Å². The molecule has 1 aromatic rings. The molecule has 1 aromatic carbocycles. The monoisotopic (exact) mass is 274 g/mol. The van der Waals surface area contributed by atoms with Gasteiger partial charge in [-0.1, -0.05) is 42.1 Å². The molecule has 4 nitrogen and oxygen atoms in total. The van der Waals surface area contributed by atoms with E-state index in [1.165, 1.54) is 17.3 Å². The summed E-state index contributed by atoms with van der Waals surface area (Å²) in [5.74, 6) is 0. The van der Waals surface area contributed by atoms with Crippen molar-refractivity contribution in [3.63, 3.8) is 0 Å². The van der Waals surface area contributed by atoms with E-state index < -0.39 is 0 Å². The summed E-state index contributed by atoms with van der Waals surface area (Å²) in [6.45, 7) is 2.85. The Kier molecular flexibility index (Phi) is 4.83. The maximum atomic E-state index is 8.82. The van der Waals surface area contributed by atoms with Crippen molar-refractivity contribution in [2.75, 3.05) is 32.9 Å². The van der Waals surface area contributed by atoms with Crippen LogP contribution in [0.1, 0.15) is 11.6 Å². The normalized spacial score (nSPS) is 21.2. The number of nitriles is 1. The Bertz CT molecular complexity index is 480. The number of benzene rings is 1. The number of thioether (sulfide) groups is 1. The van der Waals surface area contributed by atoms with Crippen LogP contribution in [0, 0.1) is 11.5 Å². The molecule has 0 amide bonds. The van der Waals surface area contributed by atoms with E-state index >= 15 is 0 Å². The van der Waals surface area contributed by atoms with Crippen LogP contribution in [0.25, 0.3) is 0 Å². The van der Waals surface area contributed by atoms with Crippen LogP contribution in [0.2, 0.25) is 0 Å². The van der Waals surface area contributed by atoms with Crippen LogP contribution in [0.5, 0.6) is 0 Å². The van der Waals surface area contributed by atoms with Gasteiger partial charge in [-0.3, -0.25) is 0 Å². The zero-order valence-electron chi connectivity index (χ0n) is 11.3. The van der Waals surface area contributed by atoms with E-state index in [0.29, 0.717) is 0 Å². The minimum Gasteiger partial charge on any atom is -0.341 e. The average Bonchev–Trinajstić information content (AvgIpc) is 2.46. The zero-order valence-corrected chi connectivity index (χ0v) is 12.1. The first-order chi connectivity index (χ1) is 9.26. The molecule has 1 unspecified atom stereocenters. The average molecular weight is 274 g/mol. The molecule has 1 aliphatic heterocycles. The summed E-state index contributed by atoms with van der Waals surface area (Å²) in [6.07, 6.45) is 3.88. The summed E-state index contributed by atoms with van der Waals surface area (Å²) < 4.78 is 0. The van der Waals surface area contributed by atoms with Crippen molar-refractivity contribution in [3.8, 4) is 6.19 Å². The number of nitrogens with zero attached hydrogens (tertiary/aromatic N) is 4. The zero-order chi connectivity index (χ0) is 13.7. The molecular weight excluding hydrogens is 256 g/mol. The van der Waals surface area contributed by atoms with Crippen molar-refractivity contribution in [3.05, 3.63) is 35.9 Å². The molecule has 0 saturated carbocycles. The lowest BCUT2D eigenvalue weighted by Crippen LogP contribution is -2.48. The fourth-order valence-corrected chi connectivity index (χ4v) is 2.96. The lowest BCUT2D eigenvalue weighted by molar-refractivity contribution is 0.154. The SMILES string of the molecule is CSC(=NC#N)N1CCN(C)CC1c1ccccc1. The van der Waals surface area contributed by atoms with E-state index in [9.17, 15) is 0 Å². The molecule has 100 valence electrons. The highest BCUT2D eigenvalue weighted by atomic mass is 32.2. The number of hydrogen-bond acceptors (Lipinski definition) is 4. The molecule has 0 spiro atoms. The first-order valence-corrected chi connectivity index (χ1v) is 7.49. The molecule has 1 fully saturated rings. The Morgan fingerprint density at radius 1 is 1.37 bits per heavy atom. The molecule has 1 heterocycles. The summed E-state index contributed by atoms with van der Waals surface area (Å²) in [4.78, 5) is 8.52. The third-order valence-corrected chi connectivity index (χ3v) is 4.03. The number of piperazine rings is 1. The Hall–Kier alpha value is -1.51. The van der Waals surface area contributed by atoms with E-state index in [0.717, 1.165) is 24.8 Å². The molecule has 5 heteroatoms. The van der Waals surface area contributed by atoms with Gasteiger partial charge in [0.15, 0.2) is 5.17 Å². The van der Waals surface area contributed by atoms with E-state index in [1.54, 1.807) is 0 Å². The maximum absolute atomic E-state index is 8.82. The number of likely N-dealkylation sites (N-methyl/N-ethyl adjacent to an activating group) is 1. The highest BCUT2D eigenvalue weighted by Crippen LogP contribution is 2.27. The van der Waals surface area contributed by atoms with Crippen LogP contribution >= 0.6 is 11.8 Å². The van der Waals surface area contributed by atoms with Crippen molar-refractivity contribution in [2.24, 2.45) is 4.99 Å². The molecular formula is C14H18N4S. The van der Waals surface area contributed by atoms with Gasteiger partial charge in [-0.25, -0.2) is 0 Å². The van der Waals surface area contributed by atoms with Crippen LogP contribution in [0.3, 0.4) is 0 Å². The highest BCUT2D eigenvalue weighted by Gasteiger charge is 2.28. The largest absolute Gasteiger partial charge is 0.341 e. The molecule has 0 aromatic heterocycles. The molecule has 0 bridgehead atoms. The van der Waals surface area contributed by atoms with Crippen LogP contribution in [0.15, 0.2) is 35.3 Å². The smallest absolute Gasteiger partial charge is 0.208 e. The summed E-state index contributed by atoms with van der Waals surface area (Å²) in [5.41, 5.74) is 1.27. The minimum atomic E-state index is 0.263. The Morgan fingerprint density at radius 2 is 2.11 bits per heavy atom. The second-order valence-corrected chi connectivity index (χ2v) is 5.35. The summed E-state index contributed by atoms with van der Waals surface area (Å²) >= 11 is 1.54. The van der Waals surface area contributed by atoms with E-state index in [-0.39, 0.29) is 6.04 Å². The van der Waals surface area contributed by atoms with Gasteiger partial charge in [0.25, 0.3) is 0 Å². The number of hydrogen-bond donors (Lipinski definition) is 0. The lowest BCUT2D eigenvalue weighted by atomic mass is 10.0. The molecule has 1 atom stereocenters. The topological polar surface area (TPSA) is 42.6 Å². The van der Waals surface area contributed by atoms with Crippen molar-refractivity contribution < 1.29 is 0 Å². The van der Waals surface area contributed by atoms with Gasteiger partial charge in [-0.2, -0.15) is 5.26 Å². The fraction of sp³-hybridized carbons (Fsp3) is 0.429. The quantitative estimate of drug-likeness (QED) is 0.447. The van der Waals surface area contributed by atoms with Crippen molar-refractivity contribution >= 4 is 16.9 Å². The van der Waals surface area contributed by atoms with E-state index in [1.807, 2.05) is 18.5 Å². The second kappa shape index (κ2) is 6.60. The van der Waals surface area contributed by atoms with Gasteiger partial charge in [0.05, 0.1) is 6.04 Å². The van der Waals surface area contributed by atoms with Gasteiger partial charge < -0.3 is 9.80 Å². The first-order valence-electron chi connectivity index (χ1n) is 6.27. The maximum Gasteiger partial charge on any atom is 0.208 e. The molecule has 19 heavy (non-hydrogen) atoms. The Morgan fingerprint density at radius 3 is 2.74 bits per heavy atom. The molecule has 1 saturated heterocycles. The number of rotatable bonds is 1. The molecule has 0 radical (unpaired) electrons. The van der Waals surface area contributed by atoms with Gasteiger partial charge in [0.1, 0.15) is 0 Å². The predicted octanol–water partition coefficient (Wildman–Crippen LogP) is 2.18.